The molecule has 18 nitrogen and oxygen atoms in total. The van der Waals surface area contributed by atoms with E-state index in [1.54, 1.807) is 60.7 Å². The second-order valence-corrected chi connectivity index (χ2v) is 25.5. The van der Waals surface area contributed by atoms with Gasteiger partial charge in [0.2, 0.25) is 11.8 Å². The number of carbonyl (C=O) groups is 2. The van der Waals surface area contributed by atoms with E-state index in [1.165, 1.54) is 12.1 Å². The minimum atomic E-state index is -0.961. The predicted molar refractivity (Wildman–Crippen MR) is 337 cm³/mol. The molecule has 12 rings (SSSR count). The lowest BCUT2D eigenvalue weighted by Crippen LogP contribution is -2.40. The summed E-state index contributed by atoms with van der Waals surface area (Å²) in [7, 11) is 0. The maximum Gasteiger partial charge on any atom is 0.338 e. The molecule has 4 aliphatic heterocycles. The fourth-order valence-corrected chi connectivity index (χ4v) is 11.8. The molecule has 4 aliphatic rings. The molecule has 90 heavy (non-hydrogen) atoms. The second-order valence-electron chi connectivity index (χ2n) is 25.5. The van der Waals surface area contributed by atoms with Crippen molar-refractivity contribution in [2.75, 3.05) is 39.4 Å². The van der Waals surface area contributed by atoms with E-state index in [-0.39, 0.29) is 59.2 Å². The van der Waals surface area contributed by atoms with Crippen LogP contribution in [0.4, 0.5) is 20.2 Å². The molecule has 4 aromatic heterocycles. The lowest BCUT2D eigenvalue weighted by atomic mass is 9.79. The van der Waals surface area contributed by atoms with E-state index >= 15 is 0 Å². The molecule has 8 heterocycles. The summed E-state index contributed by atoms with van der Waals surface area (Å²) in [6.07, 6.45) is 6.58. The van der Waals surface area contributed by atoms with Crippen molar-refractivity contribution >= 4 is 56.5 Å². The third-order valence-electron chi connectivity index (χ3n) is 16.5. The Morgan fingerprint density at radius 1 is 0.633 bits per heavy atom. The number of rotatable bonds is 18. The molecule has 0 aliphatic carbocycles. The summed E-state index contributed by atoms with van der Waals surface area (Å²) >= 11 is 0. The van der Waals surface area contributed by atoms with Gasteiger partial charge in [-0.2, -0.15) is 0 Å². The molecule has 4 aromatic carbocycles. The number of carboxylic acids is 1. The van der Waals surface area contributed by atoms with E-state index in [9.17, 15) is 23.5 Å². The van der Waals surface area contributed by atoms with Gasteiger partial charge in [-0.25, -0.2) is 48.0 Å². The van der Waals surface area contributed by atoms with Crippen LogP contribution >= 0.6 is 0 Å². The fourth-order valence-electron chi connectivity index (χ4n) is 11.8. The van der Waals surface area contributed by atoms with Gasteiger partial charge in [0, 0.05) is 73.5 Å². The van der Waals surface area contributed by atoms with Crippen molar-refractivity contribution in [2.45, 2.75) is 119 Å². The van der Waals surface area contributed by atoms with Crippen LogP contribution in [-0.2, 0) is 53.6 Å². The molecule has 20 heteroatoms. The number of aromatic carboxylic acids is 1. The van der Waals surface area contributed by atoms with Gasteiger partial charge in [0.25, 0.3) is 0 Å². The molecule has 8 aromatic rings. The van der Waals surface area contributed by atoms with Crippen molar-refractivity contribution in [3.8, 4) is 11.8 Å². The summed E-state index contributed by atoms with van der Waals surface area (Å²) in [6.45, 7) is 35.5. The largest absolute Gasteiger partial charge is 0.478 e. The Balaban J connectivity index is 0.000000186. The Hall–Kier alpha value is -9.18. The number of hydrogen-bond donors (Lipinski definition) is 1. The molecule has 2 saturated heterocycles. The van der Waals surface area contributed by atoms with Crippen molar-refractivity contribution in [1.82, 2.24) is 38.9 Å². The minimum absolute atomic E-state index is 0.0115. The van der Waals surface area contributed by atoms with Gasteiger partial charge < -0.3 is 37.9 Å². The van der Waals surface area contributed by atoms with Crippen molar-refractivity contribution in [1.29, 1.82) is 0 Å². The third kappa shape index (κ3) is 14.4. The molecule has 2 fully saturated rings. The van der Waals surface area contributed by atoms with E-state index in [0.717, 1.165) is 95.4 Å². The maximum absolute atomic E-state index is 14.4. The van der Waals surface area contributed by atoms with Crippen LogP contribution in [0.1, 0.15) is 116 Å². The quantitative estimate of drug-likeness (QED) is 0.0634. The zero-order chi connectivity index (χ0) is 63.5. The van der Waals surface area contributed by atoms with Gasteiger partial charge in [0.1, 0.15) is 42.1 Å². The summed E-state index contributed by atoms with van der Waals surface area (Å²) in [5, 5.41) is 9.54. The molecule has 0 radical (unpaired) electrons. The Labute approximate surface area is 522 Å². The number of pyridine rings is 2. The van der Waals surface area contributed by atoms with Gasteiger partial charge in [-0.3, -0.25) is 9.80 Å². The monoisotopic (exact) mass is 1220 g/mol. The summed E-state index contributed by atoms with van der Waals surface area (Å²) < 4.78 is 61.9. The number of nitrogens with zero attached hydrogens (tertiary/aromatic N) is 10. The molecule has 1 N–H and O–H groups in total. The minimum Gasteiger partial charge on any atom is -0.478 e. The zero-order valence-electron chi connectivity index (χ0n) is 51.6. The van der Waals surface area contributed by atoms with Crippen LogP contribution in [0.2, 0.25) is 0 Å². The van der Waals surface area contributed by atoms with Crippen molar-refractivity contribution in [3.05, 3.63) is 201 Å². The average Bonchev–Trinajstić information content (AvgIpc) is 1.73. The number of imidazole rings is 2. The highest BCUT2D eigenvalue weighted by Crippen LogP contribution is 2.41. The first-order valence-corrected chi connectivity index (χ1v) is 30.1. The molecule has 464 valence electrons. The Morgan fingerprint density at radius 3 is 1.47 bits per heavy atom. The van der Waals surface area contributed by atoms with Gasteiger partial charge in [-0.05, 0) is 105 Å². The summed E-state index contributed by atoms with van der Waals surface area (Å²) in [4.78, 5) is 55.2. The smallest absolute Gasteiger partial charge is 0.338 e. The number of carbonyl (C=O) groups excluding carboxylic acids is 1. The molecular weight excluding hydrogens is 1150 g/mol. The van der Waals surface area contributed by atoms with Crippen molar-refractivity contribution in [3.63, 3.8) is 0 Å². The van der Waals surface area contributed by atoms with Crippen molar-refractivity contribution < 1.29 is 47.2 Å². The number of carboxylic acid groups (broad SMARTS) is 1. The van der Waals surface area contributed by atoms with E-state index < -0.39 is 23.2 Å². The van der Waals surface area contributed by atoms with E-state index in [0.29, 0.717) is 67.7 Å². The maximum atomic E-state index is 14.4. The highest BCUT2D eigenvalue weighted by Gasteiger charge is 2.35. The van der Waals surface area contributed by atoms with Gasteiger partial charge in [0.15, 0.2) is 11.4 Å². The molecule has 0 spiro atoms. The zero-order valence-corrected chi connectivity index (χ0v) is 51.6. The van der Waals surface area contributed by atoms with Crippen LogP contribution in [-0.4, -0.2) is 113 Å². The molecule has 0 unspecified atom stereocenters. The highest BCUT2D eigenvalue weighted by atomic mass is 19.1. The van der Waals surface area contributed by atoms with E-state index in [1.807, 2.05) is 57.2 Å². The van der Waals surface area contributed by atoms with Crippen LogP contribution < -0.4 is 9.47 Å². The Kier molecular flexibility index (Phi) is 18.1. The Bertz CT molecular complexity index is 4180. The predicted octanol–water partition coefficient (Wildman–Crippen LogP) is 13.5. The summed E-state index contributed by atoms with van der Waals surface area (Å²) in [5.74, 6) is 0.359. The Morgan fingerprint density at radius 2 is 1.08 bits per heavy atom. The number of esters is 1. The van der Waals surface area contributed by atoms with Gasteiger partial charge in [-0.15, -0.1) is 0 Å². The average molecular weight is 1220 g/mol. The molecule has 0 amide bonds. The summed E-state index contributed by atoms with van der Waals surface area (Å²) in [6, 6.07) is 30.6. The second kappa shape index (κ2) is 26.1. The van der Waals surface area contributed by atoms with Crippen LogP contribution in [0.3, 0.4) is 0 Å². The van der Waals surface area contributed by atoms with Crippen LogP contribution in [0.15, 0.2) is 121 Å². The molecule has 0 saturated carbocycles. The van der Waals surface area contributed by atoms with Crippen molar-refractivity contribution in [2.24, 2.45) is 10.8 Å². The van der Waals surface area contributed by atoms with Crippen LogP contribution in [0.25, 0.3) is 42.9 Å². The first-order valence-electron chi connectivity index (χ1n) is 30.1. The van der Waals surface area contributed by atoms with Gasteiger partial charge in [0.05, 0.1) is 96.1 Å². The molecule has 0 bridgehead atoms. The first kappa shape index (κ1) is 62.4. The number of ether oxygens (including phenoxy) is 5. The van der Waals surface area contributed by atoms with E-state index in [2.05, 4.69) is 68.5 Å². The lowest BCUT2D eigenvalue weighted by Gasteiger charge is -2.38. The number of halogens is 2. The number of fused-ring (bicyclic) bond motifs is 2. The number of benzene rings is 4. The van der Waals surface area contributed by atoms with Crippen LogP contribution in [0.5, 0.6) is 11.8 Å². The third-order valence-corrected chi connectivity index (χ3v) is 16.5. The van der Waals surface area contributed by atoms with Gasteiger partial charge >= 0.3 is 11.9 Å². The highest BCUT2D eigenvalue weighted by molar-refractivity contribution is 5.94. The number of hydrogen-bond acceptors (Lipinski definition) is 13. The summed E-state index contributed by atoms with van der Waals surface area (Å²) in [5.41, 5.74) is 8.08. The van der Waals surface area contributed by atoms with E-state index in [4.69, 9.17) is 56.8 Å². The lowest BCUT2D eigenvalue weighted by molar-refractivity contribution is -0.0593. The normalized spacial score (nSPS) is 18.0. The topological polar surface area (TPSA) is 177 Å². The van der Waals surface area contributed by atoms with Crippen LogP contribution in [0, 0.1) is 35.6 Å². The van der Waals surface area contributed by atoms with Gasteiger partial charge in [-0.1, -0.05) is 76.2 Å². The molecular formula is C70H72F2N10O8. The first-order chi connectivity index (χ1) is 43.1. The molecule has 2 atom stereocenters. The standard InChI is InChI=1S/C37H40FN5O4.C33H32FN5O4/c1-36(2,3)47-35(44)24-11-13-31-32(18-24)43(20-27-15-17-45-27)33(40-31)21-42-16-14-28(37(4,5)23-42)30-8-7-9-34(41-30)46-22-25-10-12-26(39-6)19-29(25)38;1-33(2)20-38(18-30-36-28-10-8-21(32(40)41)15-29(28)39(30)17-24-12-14-42-24)13-11-25(33)27-5-4-6-31(37-27)43-19-22-7-9-23(35-3)16-26(22)34/h7-14,18-19,27H,15-17,20-23H2,1-5H3;4-11,15-16,24H,12-14,17-20H2,1-2H3,(H,40,41)/t27-;24-/m00/s1. The number of aromatic nitrogens is 6. The fraction of sp³-hybridized carbons (Fsp3) is 0.371. The SMILES string of the molecule is [C-]#[N+]c1ccc(COc2cccc(C3=CCN(Cc4nc5ccc(C(=O)O)cc5n4C[C@@H]4CCO4)CC3(C)C)n2)c(F)c1.[C-]#[N+]c1ccc(COc2cccc(C3=CCN(Cc4nc5ccc(C(=O)OC(C)(C)C)cc5n4C[C@@H]4CCO4)CC3(C)C)n2)c(F)c1.